The van der Waals surface area contributed by atoms with Gasteiger partial charge in [-0.15, -0.1) is 11.6 Å². The predicted octanol–water partition coefficient (Wildman–Crippen LogP) is 5.02. The molecule has 0 spiro atoms. The number of halogens is 1. The first-order valence-corrected chi connectivity index (χ1v) is 11.5. The summed E-state index contributed by atoms with van der Waals surface area (Å²) in [6.07, 6.45) is 10.8. The van der Waals surface area contributed by atoms with E-state index in [-0.39, 0.29) is 28.8 Å². The van der Waals surface area contributed by atoms with Crippen LogP contribution in [0.15, 0.2) is 16.8 Å². The number of oxime groups is 1. The minimum atomic E-state index is -0.484. The molecule has 6 heteroatoms. The highest BCUT2D eigenvalue weighted by atomic mass is 35.5. The summed E-state index contributed by atoms with van der Waals surface area (Å²) >= 11 is 5.54. The number of rotatable bonds is 3. The molecular formula is C23H32ClNO4. The van der Waals surface area contributed by atoms with Crippen LogP contribution in [0, 0.1) is 28.6 Å². The SMILES string of the molecule is CC(=O)OC1CCC2(C)C(=CCC3C2CCC2(C)/C(=N/OC(=O)CCl)CCC32)C1. The molecule has 0 heterocycles. The van der Waals surface area contributed by atoms with Gasteiger partial charge in [-0.05, 0) is 68.1 Å². The van der Waals surface area contributed by atoms with Crippen LogP contribution < -0.4 is 0 Å². The predicted molar refractivity (Wildman–Crippen MR) is 112 cm³/mol. The number of ether oxygens (including phenoxy) is 1. The summed E-state index contributed by atoms with van der Waals surface area (Å²) in [5.41, 5.74) is 2.77. The Morgan fingerprint density at radius 2 is 1.90 bits per heavy atom. The van der Waals surface area contributed by atoms with Gasteiger partial charge in [-0.25, -0.2) is 4.79 Å². The highest BCUT2D eigenvalue weighted by Crippen LogP contribution is 2.64. The van der Waals surface area contributed by atoms with Crippen LogP contribution in [0.4, 0.5) is 0 Å². The van der Waals surface area contributed by atoms with Gasteiger partial charge in [-0.1, -0.05) is 30.7 Å². The molecule has 6 atom stereocenters. The van der Waals surface area contributed by atoms with Crippen LogP contribution in [0.2, 0.25) is 0 Å². The van der Waals surface area contributed by atoms with Crippen molar-refractivity contribution < 1.29 is 19.2 Å². The van der Waals surface area contributed by atoms with Gasteiger partial charge in [0.15, 0.2) is 0 Å². The van der Waals surface area contributed by atoms with E-state index < -0.39 is 5.97 Å². The number of carbonyl (C=O) groups is 2. The second-order valence-corrected chi connectivity index (χ2v) is 10.1. The Hall–Kier alpha value is -1.36. The van der Waals surface area contributed by atoms with Crippen molar-refractivity contribution in [2.75, 3.05) is 5.88 Å². The first-order valence-electron chi connectivity index (χ1n) is 11.0. The van der Waals surface area contributed by atoms with E-state index in [0.29, 0.717) is 17.8 Å². The van der Waals surface area contributed by atoms with E-state index in [9.17, 15) is 9.59 Å². The van der Waals surface area contributed by atoms with Crippen molar-refractivity contribution >= 4 is 29.3 Å². The molecule has 160 valence electrons. The van der Waals surface area contributed by atoms with Crippen LogP contribution >= 0.6 is 11.6 Å². The van der Waals surface area contributed by atoms with Gasteiger partial charge in [0, 0.05) is 18.8 Å². The normalized spacial score (nSPS) is 42.3. The molecule has 3 saturated carbocycles. The van der Waals surface area contributed by atoms with Gasteiger partial charge < -0.3 is 9.57 Å². The van der Waals surface area contributed by atoms with Gasteiger partial charge in [0.25, 0.3) is 0 Å². The fourth-order valence-electron chi connectivity index (χ4n) is 7.03. The van der Waals surface area contributed by atoms with Crippen molar-refractivity contribution in [3.63, 3.8) is 0 Å². The molecule has 0 aliphatic heterocycles. The molecule has 6 unspecified atom stereocenters. The molecular weight excluding hydrogens is 390 g/mol. The smallest absolute Gasteiger partial charge is 0.349 e. The minimum Gasteiger partial charge on any atom is -0.462 e. The largest absolute Gasteiger partial charge is 0.462 e. The quantitative estimate of drug-likeness (QED) is 0.211. The Bertz CT molecular complexity index is 762. The molecule has 4 rings (SSSR count). The van der Waals surface area contributed by atoms with Crippen LogP contribution in [0.25, 0.3) is 0 Å². The van der Waals surface area contributed by atoms with Crippen molar-refractivity contribution in [1.82, 2.24) is 0 Å². The number of allylic oxidation sites excluding steroid dienone is 1. The van der Waals surface area contributed by atoms with Crippen LogP contribution in [0.1, 0.15) is 72.1 Å². The maximum absolute atomic E-state index is 11.5. The maximum atomic E-state index is 11.5. The Morgan fingerprint density at radius 3 is 2.62 bits per heavy atom. The molecule has 29 heavy (non-hydrogen) atoms. The van der Waals surface area contributed by atoms with E-state index in [1.54, 1.807) is 0 Å². The molecule has 0 aromatic heterocycles. The van der Waals surface area contributed by atoms with Gasteiger partial charge in [0.1, 0.15) is 12.0 Å². The monoisotopic (exact) mass is 421 g/mol. The van der Waals surface area contributed by atoms with Crippen molar-refractivity contribution in [2.45, 2.75) is 78.2 Å². The minimum absolute atomic E-state index is 0.0183. The van der Waals surface area contributed by atoms with Crippen molar-refractivity contribution in [3.05, 3.63) is 11.6 Å². The van der Waals surface area contributed by atoms with Crippen LogP contribution in [-0.4, -0.2) is 29.6 Å². The highest BCUT2D eigenvalue weighted by Gasteiger charge is 2.58. The second kappa shape index (κ2) is 7.72. The summed E-state index contributed by atoms with van der Waals surface area (Å²) in [6.45, 7) is 6.26. The summed E-state index contributed by atoms with van der Waals surface area (Å²) in [5.74, 6) is 1.07. The van der Waals surface area contributed by atoms with Crippen molar-refractivity contribution in [2.24, 2.45) is 33.7 Å². The number of hydrogen-bond donors (Lipinski definition) is 0. The molecule has 0 amide bonds. The number of carbonyl (C=O) groups excluding carboxylic acids is 2. The van der Waals surface area contributed by atoms with Crippen LogP contribution in [-0.2, 0) is 19.2 Å². The first kappa shape index (κ1) is 20.9. The molecule has 4 aliphatic carbocycles. The Balaban J connectivity index is 1.54. The summed E-state index contributed by atoms with van der Waals surface area (Å²) in [7, 11) is 0. The van der Waals surface area contributed by atoms with Crippen LogP contribution in [0.5, 0.6) is 0 Å². The number of fused-ring (bicyclic) bond motifs is 5. The Morgan fingerprint density at radius 1 is 1.17 bits per heavy atom. The van der Waals surface area contributed by atoms with Gasteiger partial charge in [-0.2, -0.15) is 0 Å². The lowest BCUT2D eigenvalue weighted by atomic mass is 9.48. The summed E-state index contributed by atoms with van der Waals surface area (Å²) in [5, 5.41) is 4.24. The third kappa shape index (κ3) is 3.54. The summed E-state index contributed by atoms with van der Waals surface area (Å²) in [6, 6.07) is 0. The molecule has 0 aromatic rings. The number of hydrogen-bond acceptors (Lipinski definition) is 5. The molecule has 0 radical (unpaired) electrons. The average Bonchev–Trinajstić information content (AvgIpc) is 3.02. The zero-order chi connectivity index (χ0) is 20.8. The third-order valence-electron chi connectivity index (χ3n) is 8.50. The van der Waals surface area contributed by atoms with E-state index in [2.05, 4.69) is 25.1 Å². The van der Waals surface area contributed by atoms with Gasteiger partial charge in [-0.3, -0.25) is 4.79 Å². The Labute approximate surface area is 178 Å². The Kier molecular flexibility index (Phi) is 5.56. The van der Waals surface area contributed by atoms with E-state index in [0.717, 1.165) is 50.7 Å². The van der Waals surface area contributed by atoms with Gasteiger partial charge in [0.05, 0.1) is 5.71 Å². The molecule has 5 nitrogen and oxygen atoms in total. The van der Waals surface area contributed by atoms with E-state index in [4.69, 9.17) is 21.2 Å². The fraction of sp³-hybridized carbons (Fsp3) is 0.783. The molecule has 0 saturated heterocycles. The van der Waals surface area contributed by atoms with Crippen molar-refractivity contribution in [3.8, 4) is 0 Å². The average molecular weight is 422 g/mol. The van der Waals surface area contributed by atoms with E-state index in [1.807, 2.05) is 0 Å². The van der Waals surface area contributed by atoms with E-state index in [1.165, 1.54) is 18.9 Å². The number of nitrogens with zero attached hydrogens (tertiary/aromatic N) is 1. The lowest BCUT2D eigenvalue weighted by molar-refractivity contribution is -0.148. The fourth-order valence-corrected chi connectivity index (χ4v) is 7.08. The maximum Gasteiger partial charge on any atom is 0.349 e. The first-order chi connectivity index (χ1) is 13.8. The van der Waals surface area contributed by atoms with E-state index >= 15 is 0 Å². The zero-order valence-corrected chi connectivity index (χ0v) is 18.5. The topological polar surface area (TPSA) is 65.0 Å². The lowest BCUT2D eigenvalue weighted by Crippen LogP contribution is -2.50. The number of esters is 1. The standard InChI is InChI=1S/C23H32ClNO4/c1-14(26)28-16-8-10-22(2)15(12-16)4-5-17-18-6-7-20(25-29-21(27)13-24)23(18,3)11-9-19(17)22/h4,16-19H,5-13H2,1-3H3/b25-20+. The van der Waals surface area contributed by atoms with Crippen molar-refractivity contribution in [1.29, 1.82) is 0 Å². The molecule has 0 aromatic carbocycles. The van der Waals surface area contributed by atoms with Crippen LogP contribution in [0.3, 0.4) is 0 Å². The summed E-state index contributed by atoms with van der Waals surface area (Å²) < 4.78 is 5.53. The van der Waals surface area contributed by atoms with Gasteiger partial charge >= 0.3 is 11.9 Å². The van der Waals surface area contributed by atoms with Gasteiger partial charge in [0.2, 0.25) is 0 Å². The third-order valence-corrected chi connectivity index (χ3v) is 8.72. The second-order valence-electron chi connectivity index (χ2n) is 9.86. The zero-order valence-electron chi connectivity index (χ0n) is 17.7. The molecule has 0 N–H and O–H groups in total. The molecule has 0 bridgehead atoms. The highest BCUT2D eigenvalue weighted by molar-refractivity contribution is 6.26. The molecule has 3 fully saturated rings. The molecule has 4 aliphatic rings. The summed E-state index contributed by atoms with van der Waals surface area (Å²) in [4.78, 5) is 27.9. The lowest BCUT2D eigenvalue weighted by Gasteiger charge is -2.57. The number of alkyl halides is 1.